The lowest BCUT2D eigenvalue weighted by molar-refractivity contribution is 0.794. The number of thioether (sulfide) groups is 1. The monoisotopic (exact) mass is 397 g/mol. The number of rotatable bonds is 5. The highest BCUT2D eigenvalue weighted by molar-refractivity contribution is 7.98. The average Bonchev–Trinajstić information content (AvgIpc) is 3.15. The molecule has 1 aromatic carbocycles. The summed E-state index contributed by atoms with van der Waals surface area (Å²) in [5.74, 6) is 2.19. The molecular formula is C17H17Cl2N3S2. The van der Waals surface area contributed by atoms with Crippen molar-refractivity contribution in [2.24, 2.45) is 7.05 Å². The quantitative estimate of drug-likeness (QED) is 0.475. The highest BCUT2D eigenvalue weighted by atomic mass is 35.5. The van der Waals surface area contributed by atoms with E-state index in [0.29, 0.717) is 16.0 Å². The van der Waals surface area contributed by atoms with Gasteiger partial charge >= 0.3 is 0 Å². The Kier molecular flexibility index (Phi) is 5.55. The second-order valence-electron chi connectivity index (χ2n) is 5.79. The molecule has 0 saturated carbocycles. The summed E-state index contributed by atoms with van der Waals surface area (Å²) in [6.45, 7) is 4.40. The lowest BCUT2D eigenvalue weighted by Crippen LogP contribution is -1.94. The Bertz CT molecular complexity index is 855. The molecule has 2 aromatic heterocycles. The van der Waals surface area contributed by atoms with Crippen LogP contribution in [0.5, 0.6) is 0 Å². The highest BCUT2D eigenvalue weighted by Gasteiger charge is 2.14. The SMILES string of the molecule is CC(C)c1cc(-c2nnc(SCc3ccc(Cl)c(Cl)c3)n2C)cs1. The van der Waals surface area contributed by atoms with Crippen LogP contribution >= 0.6 is 46.3 Å². The van der Waals surface area contributed by atoms with E-state index < -0.39 is 0 Å². The summed E-state index contributed by atoms with van der Waals surface area (Å²) in [7, 11) is 2.00. The number of thiophene rings is 1. The summed E-state index contributed by atoms with van der Waals surface area (Å²) in [5, 5.41) is 12.9. The molecule has 7 heteroatoms. The molecular weight excluding hydrogens is 381 g/mol. The van der Waals surface area contributed by atoms with Crippen molar-refractivity contribution < 1.29 is 0 Å². The molecule has 3 rings (SSSR count). The first-order valence-corrected chi connectivity index (χ1v) is 10.1. The third kappa shape index (κ3) is 3.80. The van der Waals surface area contributed by atoms with Gasteiger partial charge in [-0.15, -0.1) is 21.5 Å². The van der Waals surface area contributed by atoms with E-state index in [4.69, 9.17) is 23.2 Å². The van der Waals surface area contributed by atoms with Crippen molar-refractivity contribution in [1.82, 2.24) is 14.8 Å². The molecule has 0 atom stereocenters. The molecule has 0 radical (unpaired) electrons. The van der Waals surface area contributed by atoms with Crippen LogP contribution in [0.4, 0.5) is 0 Å². The van der Waals surface area contributed by atoms with E-state index in [-0.39, 0.29) is 0 Å². The first-order valence-electron chi connectivity index (χ1n) is 7.50. The molecule has 0 saturated heterocycles. The first-order chi connectivity index (χ1) is 11.5. The van der Waals surface area contributed by atoms with E-state index in [1.165, 1.54) is 4.88 Å². The van der Waals surface area contributed by atoms with Gasteiger partial charge in [0.1, 0.15) is 0 Å². The van der Waals surface area contributed by atoms with E-state index in [2.05, 4.69) is 35.5 Å². The van der Waals surface area contributed by atoms with Crippen LogP contribution in [0.2, 0.25) is 10.0 Å². The van der Waals surface area contributed by atoms with Crippen LogP contribution in [0, 0.1) is 0 Å². The fourth-order valence-corrected chi connectivity index (χ4v) is 4.32. The zero-order valence-electron chi connectivity index (χ0n) is 13.6. The zero-order valence-corrected chi connectivity index (χ0v) is 16.7. The molecule has 0 amide bonds. The summed E-state index contributed by atoms with van der Waals surface area (Å²) in [6.07, 6.45) is 0. The largest absolute Gasteiger partial charge is 0.305 e. The zero-order chi connectivity index (χ0) is 17.3. The molecule has 3 aromatic rings. The van der Waals surface area contributed by atoms with E-state index in [1.807, 2.05) is 29.8 Å². The highest BCUT2D eigenvalue weighted by Crippen LogP contribution is 2.31. The van der Waals surface area contributed by atoms with Crippen LogP contribution in [-0.2, 0) is 12.8 Å². The van der Waals surface area contributed by atoms with Gasteiger partial charge in [0, 0.05) is 28.6 Å². The van der Waals surface area contributed by atoms with Gasteiger partial charge in [0.05, 0.1) is 10.0 Å². The molecule has 0 aliphatic heterocycles. The van der Waals surface area contributed by atoms with Gasteiger partial charge in [0.2, 0.25) is 0 Å². The predicted molar refractivity (Wildman–Crippen MR) is 104 cm³/mol. The molecule has 126 valence electrons. The van der Waals surface area contributed by atoms with Gasteiger partial charge in [-0.2, -0.15) is 0 Å². The lowest BCUT2D eigenvalue weighted by atomic mass is 10.1. The third-order valence-electron chi connectivity index (χ3n) is 3.63. The molecule has 3 nitrogen and oxygen atoms in total. The van der Waals surface area contributed by atoms with Crippen molar-refractivity contribution in [3.05, 3.63) is 50.1 Å². The average molecular weight is 398 g/mol. The maximum absolute atomic E-state index is 6.07. The second-order valence-corrected chi connectivity index (χ2v) is 8.49. The second kappa shape index (κ2) is 7.48. The summed E-state index contributed by atoms with van der Waals surface area (Å²) in [5.41, 5.74) is 2.23. The van der Waals surface area contributed by atoms with Crippen LogP contribution in [0.1, 0.15) is 30.2 Å². The van der Waals surface area contributed by atoms with Crippen molar-refractivity contribution >= 4 is 46.3 Å². The lowest BCUT2D eigenvalue weighted by Gasteiger charge is -2.04. The van der Waals surface area contributed by atoms with E-state index >= 15 is 0 Å². The standard InChI is InChI=1S/C17H17Cl2N3S2/c1-10(2)15-7-12(9-23-15)16-20-21-17(22(16)3)24-8-11-4-5-13(18)14(19)6-11/h4-7,9-10H,8H2,1-3H3. The molecule has 2 heterocycles. The smallest absolute Gasteiger partial charge is 0.191 e. The summed E-state index contributed by atoms with van der Waals surface area (Å²) >= 11 is 15.4. The van der Waals surface area contributed by atoms with Crippen molar-refractivity contribution in [3.63, 3.8) is 0 Å². The van der Waals surface area contributed by atoms with Crippen molar-refractivity contribution in [2.45, 2.75) is 30.7 Å². The Balaban J connectivity index is 1.75. The number of aromatic nitrogens is 3. The van der Waals surface area contributed by atoms with Crippen molar-refractivity contribution in [2.75, 3.05) is 0 Å². The molecule has 24 heavy (non-hydrogen) atoms. The summed E-state index contributed by atoms with van der Waals surface area (Å²) in [4.78, 5) is 1.36. The minimum atomic E-state index is 0.528. The van der Waals surface area contributed by atoms with E-state index in [0.717, 1.165) is 27.9 Å². The predicted octanol–water partition coefficient (Wildman–Crippen LogP) is 6.27. The molecule has 0 bridgehead atoms. The minimum absolute atomic E-state index is 0.528. The van der Waals surface area contributed by atoms with E-state index in [9.17, 15) is 0 Å². The minimum Gasteiger partial charge on any atom is -0.305 e. The van der Waals surface area contributed by atoms with Crippen LogP contribution in [0.3, 0.4) is 0 Å². The molecule has 0 spiro atoms. The maximum atomic E-state index is 6.07. The molecule has 0 fully saturated rings. The number of hydrogen-bond donors (Lipinski definition) is 0. The molecule has 0 aliphatic rings. The Morgan fingerprint density at radius 2 is 1.96 bits per heavy atom. The topological polar surface area (TPSA) is 30.7 Å². The first kappa shape index (κ1) is 17.8. The maximum Gasteiger partial charge on any atom is 0.191 e. The van der Waals surface area contributed by atoms with Crippen LogP contribution in [0.25, 0.3) is 11.4 Å². The van der Waals surface area contributed by atoms with Crippen LogP contribution in [0.15, 0.2) is 34.8 Å². The number of nitrogens with zero attached hydrogens (tertiary/aromatic N) is 3. The van der Waals surface area contributed by atoms with E-state index in [1.54, 1.807) is 23.1 Å². The number of halogens is 2. The number of hydrogen-bond acceptors (Lipinski definition) is 4. The molecule has 0 aliphatic carbocycles. The van der Waals surface area contributed by atoms with Gasteiger partial charge in [-0.25, -0.2) is 0 Å². The summed E-state index contributed by atoms with van der Waals surface area (Å²) < 4.78 is 2.04. The summed E-state index contributed by atoms with van der Waals surface area (Å²) in [6, 6.07) is 7.89. The Hall–Kier alpha value is -1.01. The fourth-order valence-electron chi connectivity index (χ4n) is 2.24. The fraction of sp³-hybridized carbons (Fsp3) is 0.294. The Morgan fingerprint density at radius 3 is 2.62 bits per heavy atom. The number of benzene rings is 1. The normalized spacial score (nSPS) is 11.4. The van der Waals surface area contributed by atoms with Gasteiger partial charge in [0.25, 0.3) is 0 Å². The van der Waals surface area contributed by atoms with Crippen LogP contribution in [-0.4, -0.2) is 14.8 Å². The Morgan fingerprint density at radius 1 is 1.17 bits per heavy atom. The van der Waals surface area contributed by atoms with Gasteiger partial charge in [-0.3, -0.25) is 0 Å². The molecule has 0 unspecified atom stereocenters. The molecule has 0 N–H and O–H groups in total. The van der Waals surface area contributed by atoms with Crippen LogP contribution < -0.4 is 0 Å². The van der Waals surface area contributed by atoms with Crippen molar-refractivity contribution in [3.8, 4) is 11.4 Å². The van der Waals surface area contributed by atoms with Gasteiger partial charge < -0.3 is 4.57 Å². The third-order valence-corrected chi connectivity index (χ3v) is 6.70. The Labute approximate surface area is 160 Å². The van der Waals surface area contributed by atoms with Gasteiger partial charge in [0.15, 0.2) is 11.0 Å². The van der Waals surface area contributed by atoms with Gasteiger partial charge in [-0.05, 0) is 29.7 Å². The van der Waals surface area contributed by atoms with Crippen molar-refractivity contribution in [1.29, 1.82) is 0 Å². The van der Waals surface area contributed by atoms with Gasteiger partial charge in [-0.1, -0.05) is 54.9 Å².